The van der Waals surface area contributed by atoms with Crippen molar-refractivity contribution in [2.75, 3.05) is 0 Å². The van der Waals surface area contributed by atoms with Crippen LogP contribution in [0.15, 0.2) is 73.4 Å². The van der Waals surface area contributed by atoms with E-state index in [1.54, 1.807) is 0 Å². The number of allylic oxidation sites excluding steroid dienone is 4. The van der Waals surface area contributed by atoms with Gasteiger partial charge >= 0.3 is 14.8 Å². The molecule has 0 fully saturated rings. The Hall–Kier alpha value is -2.13. The maximum atomic E-state index is 9.75. The van der Waals surface area contributed by atoms with Gasteiger partial charge in [-0.15, -0.1) is 0 Å². The Balaban J connectivity index is 0. The van der Waals surface area contributed by atoms with Gasteiger partial charge in [0.2, 0.25) is 0 Å². The smallest absolute Gasteiger partial charge is 0.762 e. The zero-order chi connectivity index (χ0) is 26.1. The maximum Gasteiger partial charge on any atom is 0.762 e. The summed E-state index contributed by atoms with van der Waals surface area (Å²) in [6, 6.07) is 8.85. The van der Waals surface area contributed by atoms with Gasteiger partial charge in [-0.25, -0.2) is 9.13 Å². The van der Waals surface area contributed by atoms with E-state index in [1.807, 2.05) is 0 Å². The first-order valence-electron chi connectivity index (χ1n) is 11.7. The molecule has 208 valence electrons. The number of aryl methyl sites for hydroxylation is 1. The number of halogens is 8. The summed E-state index contributed by atoms with van der Waals surface area (Å²) in [6.07, 6.45) is 25.6. The number of nitrogens with zero attached hydrogens (tertiary/aromatic N) is 2. The molecule has 0 aromatic carbocycles. The van der Waals surface area contributed by atoms with Crippen LogP contribution in [0.2, 0.25) is 0 Å². The normalized spacial score (nSPS) is 15.0. The van der Waals surface area contributed by atoms with Crippen LogP contribution in [0.5, 0.6) is 0 Å². The average Bonchev–Trinajstić information content (AvgIpc) is 3.51. The fraction of sp³-hybridized carbons (Fsp3) is 0.417. The van der Waals surface area contributed by atoms with Crippen LogP contribution in [0.4, 0.5) is 30.2 Å². The first-order valence-corrected chi connectivity index (χ1v) is 11.7. The molecule has 0 radical (unpaired) electrons. The van der Waals surface area contributed by atoms with Crippen LogP contribution in [-0.4, -0.2) is 14.8 Å². The van der Waals surface area contributed by atoms with Gasteiger partial charge in [-0.2, -0.15) is 0 Å². The Morgan fingerprint density at radius 3 is 1.57 bits per heavy atom. The summed E-state index contributed by atoms with van der Waals surface area (Å²) in [6.45, 7) is 4.39. The van der Waals surface area contributed by atoms with Crippen molar-refractivity contribution in [2.45, 2.75) is 58.5 Å². The zero-order valence-electron chi connectivity index (χ0n) is 20.6. The second-order valence-corrected chi connectivity index (χ2v) is 8.02. The van der Waals surface area contributed by atoms with Crippen molar-refractivity contribution in [3.05, 3.63) is 73.4 Å². The summed E-state index contributed by atoms with van der Waals surface area (Å²) in [5.74, 6) is 0.713. The second kappa shape index (κ2) is 20.9. The standard InChI is InChI=1S/C19H24N2.C5H8.BF4.BF3.FH.Fe/c1-2-11-20-12-7-18(8-13-20)19-9-14-21(15-10-19)16-17-5-3-4-6-17;1-2-4-5-3-1;2-1(3,4)5;2-1(3)4;;/h3,5,7-10,12-15,17H,2,4,6,11,16H2,1H3;1-2H,3-5H2;;;1H;/q+2;;-1;;;/p-1/t17-;;;;;/m1...../s1. The van der Waals surface area contributed by atoms with Gasteiger partial charge < -0.3 is 22.0 Å². The van der Waals surface area contributed by atoms with E-state index < -0.39 is 14.8 Å². The maximum absolute atomic E-state index is 9.75. The molecule has 0 aliphatic heterocycles. The molecule has 1 atom stereocenters. The Labute approximate surface area is 224 Å². The largest absolute Gasteiger partial charge is 1.00 e. The Bertz CT molecular complexity index is 865. The van der Waals surface area contributed by atoms with Crippen LogP contribution in [0, 0.1) is 5.92 Å². The monoisotopic (exact) mass is 578 g/mol. The summed E-state index contributed by atoms with van der Waals surface area (Å²) in [4.78, 5) is 0. The van der Waals surface area contributed by atoms with Crippen LogP contribution in [0.3, 0.4) is 0 Å². The minimum atomic E-state index is -6.00. The zero-order valence-corrected chi connectivity index (χ0v) is 21.7. The molecular weight excluding hydrogens is 546 g/mol. The molecule has 37 heavy (non-hydrogen) atoms. The summed E-state index contributed by atoms with van der Waals surface area (Å²) < 4.78 is 72.5. The minimum Gasteiger partial charge on any atom is -1.00 e. The van der Waals surface area contributed by atoms with E-state index in [-0.39, 0.29) is 21.8 Å². The third-order valence-corrected chi connectivity index (χ3v) is 5.06. The third-order valence-electron chi connectivity index (χ3n) is 5.06. The number of hydrogen-bond acceptors (Lipinski definition) is 0. The van der Waals surface area contributed by atoms with Crippen molar-refractivity contribution in [3.8, 4) is 11.1 Å². The Morgan fingerprint density at radius 1 is 0.811 bits per heavy atom. The molecule has 0 saturated heterocycles. The van der Waals surface area contributed by atoms with Crippen molar-refractivity contribution in [3.63, 3.8) is 0 Å². The van der Waals surface area contributed by atoms with Crippen LogP contribution >= 0.6 is 0 Å². The predicted molar refractivity (Wildman–Crippen MR) is 127 cm³/mol. The molecule has 0 N–H and O–H groups in total. The summed E-state index contributed by atoms with van der Waals surface area (Å²) in [5, 5.41) is 0. The third kappa shape index (κ3) is 20.6. The van der Waals surface area contributed by atoms with Crippen molar-refractivity contribution in [1.29, 1.82) is 0 Å². The first-order chi connectivity index (χ1) is 16.6. The van der Waals surface area contributed by atoms with Crippen molar-refractivity contribution in [2.24, 2.45) is 5.92 Å². The van der Waals surface area contributed by atoms with Gasteiger partial charge in [-0.3, -0.25) is 12.9 Å². The average molecular weight is 578 g/mol. The summed E-state index contributed by atoms with van der Waals surface area (Å²) in [7, 11) is -9.67. The number of rotatable bonds is 5. The Kier molecular flexibility index (Phi) is 20.9. The van der Waals surface area contributed by atoms with Crippen LogP contribution in [-0.2, 0) is 30.2 Å². The van der Waals surface area contributed by atoms with Gasteiger partial charge in [0.1, 0.15) is 6.54 Å². The van der Waals surface area contributed by atoms with Gasteiger partial charge in [0.15, 0.2) is 31.3 Å². The molecule has 2 aliphatic carbocycles. The molecule has 2 nitrogen and oxygen atoms in total. The second-order valence-electron chi connectivity index (χ2n) is 8.02. The van der Waals surface area contributed by atoms with Crippen molar-refractivity contribution < 1.29 is 61.1 Å². The molecule has 0 saturated carbocycles. The SMILES string of the molecule is C1=CCCC1.CCC[n+]1ccc(-c2cc[n+](C[C@@H]3C=CCC3)cc2)cc1.FB(F)F.F[B-](F)(F)F.[F-].[Fe]. The van der Waals surface area contributed by atoms with E-state index in [2.05, 4.69) is 89.4 Å². The molecule has 4 rings (SSSR count). The van der Waals surface area contributed by atoms with E-state index in [1.165, 1.54) is 49.7 Å². The molecule has 2 aliphatic rings. The molecule has 13 heteroatoms. The predicted octanol–water partition coefficient (Wildman–Crippen LogP) is 4.21. The number of aromatic nitrogens is 2. The van der Waals surface area contributed by atoms with Gasteiger partial charge in [-0.05, 0) is 43.2 Å². The van der Waals surface area contributed by atoms with Gasteiger partial charge in [0, 0.05) is 53.7 Å². The van der Waals surface area contributed by atoms with E-state index in [0.717, 1.165) is 13.1 Å². The summed E-state index contributed by atoms with van der Waals surface area (Å²) >= 11 is 0. The molecule has 0 spiro atoms. The van der Waals surface area contributed by atoms with Gasteiger partial charge in [0.05, 0.1) is 0 Å². The fourth-order valence-corrected chi connectivity index (χ4v) is 3.54. The van der Waals surface area contributed by atoms with E-state index in [0.29, 0.717) is 5.92 Å². The van der Waals surface area contributed by atoms with E-state index >= 15 is 0 Å². The molecule has 0 amide bonds. The van der Waals surface area contributed by atoms with Crippen molar-refractivity contribution in [1.82, 2.24) is 0 Å². The molecule has 0 bridgehead atoms. The van der Waals surface area contributed by atoms with E-state index in [9.17, 15) is 30.2 Å². The van der Waals surface area contributed by atoms with Gasteiger partial charge in [-0.1, -0.05) is 31.2 Å². The van der Waals surface area contributed by atoms with E-state index in [4.69, 9.17) is 0 Å². The number of hydrogen-bond donors (Lipinski definition) is 0. The van der Waals surface area contributed by atoms with Crippen LogP contribution in [0.25, 0.3) is 11.1 Å². The van der Waals surface area contributed by atoms with Crippen LogP contribution < -0.4 is 13.8 Å². The summed E-state index contributed by atoms with van der Waals surface area (Å²) in [5.41, 5.74) is 2.58. The fourth-order valence-electron chi connectivity index (χ4n) is 3.54. The molecular formula is C24H32B2F8FeN2. The van der Waals surface area contributed by atoms with Crippen LogP contribution in [0.1, 0.15) is 45.4 Å². The molecule has 2 aromatic rings. The van der Waals surface area contributed by atoms with Crippen molar-refractivity contribution >= 4 is 14.8 Å². The minimum absolute atomic E-state index is 0. The molecule has 2 aromatic heterocycles. The molecule has 0 unspecified atom stereocenters. The quantitative estimate of drug-likeness (QED) is 0.218. The topological polar surface area (TPSA) is 7.76 Å². The number of pyridine rings is 2. The first kappa shape index (κ1) is 37.0. The molecule has 2 heterocycles. The Morgan fingerprint density at radius 2 is 1.24 bits per heavy atom. The van der Waals surface area contributed by atoms with Gasteiger partial charge in [0.25, 0.3) is 0 Å².